The number of rotatable bonds is 6. The fraction of sp³-hybridized carbons (Fsp3) is 0.333. The van der Waals surface area contributed by atoms with E-state index >= 15 is 0 Å². The van der Waals surface area contributed by atoms with E-state index in [4.69, 9.17) is 34.8 Å². The van der Waals surface area contributed by atoms with Crippen molar-refractivity contribution in [2.45, 2.75) is 32.1 Å². The third-order valence-electron chi connectivity index (χ3n) is 3.04. The van der Waals surface area contributed by atoms with Crippen LogP contribution in [-0.4, -0.2) is 9.78 Å². The minimum absolute atomic E-state index is 0.495. The molecule has 0 fully saturated rings. The lowest BCUT2D eigenvalue weighted by atomic mass is 10.1. The monoisotopic (exact) mass is 329 g/mol. The van der Waals surface area contributed by atoms with Crippen molar-refractivity contribution in [3.05, 3.63) is 52.1 Å². The molecular weight excluding hydrogens is 315 g/mol. The summed E-state index contributed by atoms with van der Waals surface area (Å²) in [5.41, 5.74) is 1.71. The number of aryl methyl sites for hydroxylation is 1. The Morgan fingerprint density at radius 1 is 1.05 bits per heavy atom. The summed E-state index contributed by atoms with van der Waals surface area (Å²) >= 11 is 18.3. The van der Waals surface area contributed by atoms with E-state index in [2.05, 4.69) is 12.0 Å². The summed E-state index contributed by atoms with van der Waals surface area (Å²) in [4.78, 5) is 0. The van der Waals surface area contributed by atoms with Gasteiger partial charge in [-0.1, -0.05) is 61.0 Å². The van der Waals surface area contributed by atoms with Gasteiger partial charge in [0.25, 0.3) is 0 Å². The van der Waals surface area contributed by atoms with Crippen molar-refractivity contribution in [1.29, 1.82) is 0 Å². The van der Waals surface area contributed by atoms with Gasteiger partial charge in [0.2, 0.25) is 0 Å². The van der Waals surface area contributed by atoms with E-state index in [0.717, 1.165) is 31.4 Å². The first-order valence-corrected chi connectivity index (χ1v) is 7.74. The number of nitrogens with zero attached hydrogens (tertiary/aromatic N) is 2. The quantitative estimate of drug-likeness (QED) is 0.615. The molecule has 20 heavy (non-hydrogen) atoms. The van der Waals surface area contributed by atoms with Crippen molar-refractivity contribution in [1.82, 2.24) is 9.78 Å². The standard InChI is InChI=1S/C15H16Cl3N2/c1-2-3-4-5-6-12-7-8-20(19-12)15-13(17)9-11(16)10-14(15)18/h7-10H,1-6H2. The Morgan fingerprint density at radius 3 is 2.40 bits per heavy atom. The highest BCUT2D eigenvalue weighted by atomic mass is 35.5. The number of unbranched alkanes of at least 4 members (excludes halogenated alkanes) is 3. The number of halogens is 3. The molecule has 0 N–H and O–H groups in total. The second-order valence-electron chi connectivity index (χ2n) is 4.63. The van der Waals surface area contributed by atoms with Crippen molar-refractivity contribution in [3.63, 3.8) is 0 Å². The lowest BCUT2D eigenvalue weighted by Crippen LogP contribution is -1.98. The molecule has 2 nitrogen and oxygen atoms in total. The van der Waals surface area contributed by atoms with Crippen LogP contribution in [0.4, 0.5) is 0 Å². The zero-order valence-corrected chi connectivity index (χ0v) is 13.3. The molecule has 0 amide bonds. The summed E-state index contributed by atoms with van der Waals surface area (Å²) in [7, 11) is 0. The van der Waals surface area contributed by atoms with Crippen LogP contribution >= 0.6 is 34.8 Å². The average molecular weight is 331 g/mol. The van der Waals surface area contributed by atoms with E-state index in [9.17, 15) is 0 Å². The second-order valence-corrected chi connectivity index (χ2v) is 5.88. The van der Waals surface area contributed by atoms with Gasteiger partial charge < -0.3 is 0 Å². The molecule has 0 aliphatic carbocycles. The normalized spacial score (nSPS) is 11.0. The van der Waals surface area contributed by atoms with Crippen molar-refractivity contribution in [2.24, 2.45) is 0 Å². The van der Waals surface area contributed by atoms with Gasteiger partial charge in [0.1, 0.15) is 5.69 Å². The zero-order chi connectivity index (χ0) is 14.5. The summed E-state index contributed by atoms with van der Waals surface area (Å²) in [5.74, 6) is 0. The average Bonchev–Trinajstić information content (AvgIpc) is 2.82. The summed E-state index contributed by atoms with van der Waals surface area (Å²) < 4.78 is 1.71. The Morgan fingerprint density at radius 2 is 1.75 bits per heavy atom. The van der Waals surface area contributed by atoms with Crippen LogP contribution in [0.1, 0.15) is 31.4 Å². The third kappa shape index (κ3) is 3.91. The number of benzene rings is 1. The molecule has 1 aromatic heterocycles. The lowest BCUT2D eigenvalue weighted by molar-refractivity contribution is 0.672. The third-order valence-corrected chi connectivity index (χ3v) is 3.83. The van der Waals surface area contributed by atoms with Crippen LogP contribution in [0.3, 0.4) is 0 Å². The van der Waals surface area contributed by atoms with Crippen molar-refractivity contribution in [3.8, 4) is 5.69 Å². The molecule has 2 rings (SSSR count). The summed E-state index contributed by atoms with van der Waals surface area (Å²) in [6.45, 7) is 3.84. The van der Waals surface area contributed by atoms with Crippen molar-refractivity contribution >= 4 is 34.8 Å². The van der Waals surface area contributed by atoms with Gasteiger partial charge in [0.05, 0.1) is 15.7 Å². The molecule has 0 aliphatic heterocycles. The topological polar surface area (TPSA) is 17.8 Å². The maximum atomic E-state index is 6.19. The molecule has 0 saturated heterocycles. The van der Waals surface area contributed by atoms with Crippen molar-refractivity contribution in [2.75, 3.05) is 0 Å². The van der Waals surface area contributed by atoms with Gasteiger partial charge in [-0.25, -0.2) is 4.68 Å². The van der Waals surface area contributed by atoms with E-state index in [1.54, 1.807) is 16.8 Å². The van der Waals surface area contributed by atoms with E-state index in [0.29, 0.717) is 20.8 Å². The van der Waals surface area contributed by atoms with Gasteiger partial charge in [0, 0.05) is 11.2 Å². The van der Waals surface area contributed by atoms with Gasteiger partial charge in [-0.2, -0.15) is 5.10 Å². The maximum absolute atomic E-state index is 6.19. The van der Waals surface area contributed by atoms with Crippen LogP contribution in [0.2, 0.25) is 15.1 Å². The fourth-order valence-electron chi connectivity index (χ4n) is 2.03. The van der Waals surface area contributed by atoms with Gasteiger partial charge >= 0.3 is 0 Å². The van der Waals surface area contributed by atoms with Gasteiger partial charge in [-0.15, -0.1) is 0 Å². The van der Waals surface area contributed by atoms with Crippen molar-refractivity contribution < 1.29 is 0 Å². The minimum atomic E-state index is 0.495. The molecule has 1 radical (unpaired) electrons. The van der Waals surface area contributed by atoms with Gasteiger partial charge in [-0.05, 0) is 31.0 Å². The fourth-order valence-corrected chi connectivity index (χ4v) is 3.02. The maximum Gasteiger partial charge on any atom is 0.102 e. The van der Waals surface area contributed by atoms with Crippen LogP contribution in [0.5, 0.6) is 0 Å². The molecule has 0 saturated carbocycles. The lowest BCUT2D eigenvalue weighted by Gasteiger charge is -2.07. The Hall–Kier alpha value is -0.700. The molecule has 1 aromatic carbocycles. The van der Waals surface area contributed by atoms with Crippen LogP contribution in [-0.2, 0) is 6.42 Å². The molecule has 0 spiro atoms. The molecule has 5 heteroatoms. The van der Waals surface area contributed by atoms with Gasteiger partial charge in [-0.3, -0.25) is 0 Å². The summed E-state index contributed by atoms with van der Waals surface area (Å²) in [5, 5.41) is 6.03. The number of hydrogen-bond donors (Lipinski definition) is 0. The molecular formula is C15H16Cl3N2. The number of aromatic nitrogens is 2. The largest absolute Gasteiger partial charge is 0.238 e. The second kappa shape index (κ2) is 7.35. The predicted octanol–water partition coefficient (Wildman–Crippen LogP) is 5.77. The zero-order valence-electron chi connectivity index (χ0n) is 11.1. The molecule has 0 bridgehead atoms. The molecule has 0 aliphatic rings. The highest BCUT2D eigenvalue weighted by molar-refractivity contribution is 6.40. The van der Waals surface area contributed by atoms with Crippen LogP contribution in [0, 0.1) is 6.92 Å². The molecule has 0 unspecified atom stereocenters. The smallest absolute Gasteiger partial charge is 0.102 e. The highest BCUT2D eigenvalue weighted by Crippen LogP contribution is 2.31. The van der Waals surface area contributed by atoms with E-state index in [1.165, 1.54) is 6.42 Å². The Kier molecular flexibility index (Phi) is 5.76. The van der Waals surface area contributed by atoms with E-state index in [1.807, 2.05) is 12.3 Å². The molecule has 0 atom stereocenters. The summed E-state index contributed by atoms with van der Waals surface area (Å²) in [6, 6.07) is 5.32. The predicted molar refractivity (Wildman–Crippen MR) is 86.1 cm³/mol. The SMILES string of the molecule is [CH2]CCCCCc1ccn(-c2c(Cl)cc(Cl)cc2Cl)n1. The first kappa shape index (κ1) is 15.7. The molecule has 2 aromatic rings. The highest BCUT2D eigenvalue weighted by Gasteiger charge is 2.11. The Bertz CT molecular complexity index is 555. The Labute approximate surface area is 134 Å². The van der Waals surface area contributed by atoms with Gasteiger partial charge in [0.15, 0.2) is 0 Å². The molecule has 1 heterocycles. The minimum Gasteiger partial charge on any atom is -0.238 e. The first-order valence-electron chi connectivity index (χ1n) is 6.60. The first-order chi connectivity index (χ1) is 9.61. The van der Waals surface area contributed by atoms with Crippen LogP contribution in [0.15, 0.2) is 24.4 Å². The summed E-state index contributed by atoms with van der Waals surface area (Å²) in [6.07, 6.45) is 7.28. The molecule has 107 valence electrons. The van der Waals surface area contributed by atoms with E-state index in [-0.39, 0.29) is 0 Å². The number of hydrogen-bond acceptors (Lipinski definition) is 1. The van der Waals surface area contributed by atoms with E-state index < -0.39 is 0 Å². The van der Waals surface area contributed by atoms with Crippen LogP contribution in [0.25, 0.3) is 5.69 Å². The Balaban J connectivity index is 2.13. The van der Waals surface area contributed by atoms with Crippen LogP contribution < -0.4 is 0 Å².